The number of fused-ring (bicyclic) bond motifs is 1. The van der Waals surface area contributed by atoms with E-state index in [9.17, 15) is 0 Å². The third-order valence-corrected chi connectivity index (χ3v) is 6.14. The molecule has 20 heavy (non-hydrogen) atoms. The highest BCUT2D eigenvalue weighted by Crippen LogP contribution is 2.37. The van der Waals surface area contributed by atoms with E-state index in [0.717, 1.165) is 29.1 Å². The summed E-state index contributed by atoms with van der Waals surface area (Å²) in [6.45, 7) is 3.19. The number of rotatable bonds is 5. The largest absolute Gasteiger partial charge is 0.452 e. The number of aryl methyl sites for hydroxylation is 1. The van der Waals surface area contributed by atoms with Gasteiger partial charge in [0.2, 0.25) is 0 Å². The molecule has 0 radical (unpaired) electrons. The Morgan fingerprint density at radius 3 is 3.05 bits per heavy atom. The van der Waals surface area contributed by atoms with Crippen LogP contribution < -0.4 is 5.32 Å². The first-order valence-corrected chi connectivity index (χ1v) is 9.72. The van der Waals surface area contributed by atoms with Crippen molar-refractivity contribution in [1.29, 1.82) is 0 Å². The Kier molecular flexibility index (Phi) is 4.91. The van der Waals surface area contributed by atoms with Gasteiger partial charge in [-0.2, -0.15) is 11.8 Å². The third-order valence-electron chi connectivity index (χ3n) is 3.41. The van der Waals surface area contributed by atoms with Crippen LogP contribution in [-0.2, 0) is 12.2 Å². The number of halogens is 1. The summed E-state index contributed by atoms with van der Waals surface area (Å²) >= 11 is 7.39. The van der Waals surface area contributed by atoms with Crippen LogP contribution in [0, 0.1) is 0 Å². The molecular weight excluding hydrogens is 354 g/mol. The fourth-order valence-corrected chi connectivity index (χ4v) is 5.21. The maximum atomic E-state index is 5.78. The number of thiophene rings is 1. The molecule has 1 aliphatic heterocycles. The van der Waals surface area contributed by atoms with Crippen LogP contribution in [0.5, 0.6) is 0 Å². The highest BCUT2D eigenvalue weighted by atomic mass is 79.9. The molecule has 2 aromatic rings. The molecular formula is C15H18BrNOS2. The minimum Gasteiger partial charge on any atom is -0.452 e. The summed E-state index contributed by atoms with van der Waals surface area (Å²) in [5.41, 5.74) is 1.52. The lowest BCUT2D eigenvalue weighted by Crippen LogP contribution is -2.21. The quantitative estimate of drug-likeness (QED) is 0.801. The molecule has 0 fully saturated rings. The van der Waals surface area contributed by atoms with E-state index in [0.29, 0.717) is 0 Å². The van der Waals surface area contributed by atoms with Gasteiger partial charge < -0.3 is 9.73 Å². The zero-order valence-corrected chi connectivity index (χ0v) is 14.7. The lowest BCUT2D eigenvalue weighted by Gasteiger charge is -2.14. The molecule has 0 aliphatic carbocycles. The molecule has 1 atom stereocenters. The molecule has 0 spiro atoms. The first-order chi connectivity index (χ1) is 9.78. The van der Waals surface area contributed by atoms with Crippen molar-refractivity contribution < 1.29 is 4.42 Å². The van der Waals surface area contributed by atoms with Gasteiger partial charge in [0.25, 0.3) is 0 Å². The van der Waals surface area contributed by atoms with E-state index in [4.69, 9.17) is 4.42 Å². The summed E-state index contributed by atoms with van der Waals surface area (Å²) < 4.78 is 6.58. The molecule has 1 N–H and O–H groups in total. The van der Waals surface area contributed by atoms with Gasteiger partial charge in [0.15, 0.2) is 4.67 Å². The highest BCUT2D eigenvalue weighted by Gasteiger charge is 2.22. The highest BCUT2D eigenvalue weighted by molar-refractivity contribution is 9.10. The Labute approximate surface area is 136 Å². The van der Waals surface area contributed by atoms with Crippen molar-refractivity contribution in [3.05, 3.63) is 43.9 Å². The van der Waals surface area contributed by atoms with E-state index in [2.05, 4.69) is 40.3 Å². The molecule has 2 aromatic heterocycles. The van der Waals surface area contributed by atoms with Gasteiger partial charge in [0.05, 0.1) is 0 Å². The standard InChI is InChI=1S/C15H18BrNOS2/c1-2-6-17-15(11-3-4-14(16)18-11)13-8-10-9-19-7-5-12(10)20-13/h3-4,8,15,17H,2,5-7,9H2,1H3. The number of nitrogens with one attached hydrogen (secondary N) is 1. The molecule has 5 heteroatoms. The predicted molar refractivity (Wildman–Crippen MR) is 90.7 cm³/mol. The van der Waals surface area contributed by atoms with Gasteiger partial charge in [-0.05, 0) is 64.8 Å². The van der Waals surface area contributed by atoms with Gasteiger partial charge in [0, 0.05) is 15.5 Å². The molecule has 3 heterocycles. The molecule has 0 saturated carbocycles. The molecule has 0 aromatic carbocycles. The Hall–Kier alpha value is -0.230. The average molecular weight is 372 g/mol. The fraction of sp³-hybridized carbons (Fsp3) is 0.467. The van der Waals surface area contributed by atoms with E-state index in [1.807, 2.05) is 29.2 Å². The van der Waals surface area contributed by atoms with Gasteiger partial charge in [-0.25, -0.2) is 0 Å². The number of furan rings is 1. The summed E-state index contributed by atoms with van der Waals surface area (Å²) in [4.78, 5) is 2.94. The van der Waals surface area contributed by atoms with Crippen LogP contribution in [0.15, 0.2) is 27.3 Å². The molecule has 1 unspecified atom stereocenters. The summed E-state index contributed by atoms with van der Waals surface area (Å²) in [6.07, 6.45) is 2.34. The Balaban J connectivity index is 1.90. The smallest absolute Gasteiger partial charge is 0.169 e. The van der Waals surface area contributed by atoms with Gasteiger partial charge >= 0.3 is 0 Å². The van der Waals surface area contributed by atoms with Gasteiger partial charge in [-0.15, -0.1) is 11.3 Å². The minimum absolute atomic E-state index is 0.182. The predicted octanol–water partition coefficient (Wildman–Crippen LogP) is 4.98. The van der Waals surface area contributed by atoms with Crippen molar-refractivity contribution in [1.82, 2.24) is 5.32 Å². The Morgan fingerprint density at radius 2 is 2.35 bits per heavy atom. The summed E-state index contributed by atoms with van der Waals surface area (Å²) in [5.74, 6) is 3.41. The summed E-state index contributed by atoms with van der Waals surface area (Å²) in [7, 11) is 0. The molecule has 2 nitrogen and oxygen atoms in total. The molecule has 0 amide bonds. The lowest BCUT2D eigenvalue weighted by molar-refractivity contribution is 0.436. The molecule has 1 aliphatic rings. The summed E-state index contributed by atoms with van der Waals surface area (Å²) in [6, 6.07) is 6.59. The van der Waals surface area contributed by atoms with Crippen molar-refractivity contribution in [2.75, 3.05) is 12.3 Å². The topological polar surface area (TPSA) is 25.2 Å². The second-order valence-corrected chi connectivity index (χ2v) is 7.98. The lowest BCUT2D eigenvalue weighted by atomic mass is 10.1. The number of hydrogen-bond acceptors (Lipinski definition) is 4. The first kappa shape index (κ1) is 14.7. The zero-order valence-electron chi connectivity index (χ0n) is 11.4. The van der Waals surface area contributed by atoms with Crippen LogP contribution in [0.1, 0.15) is 40.5 Å². The SMILES string of the molecule is CCCNC(c1ccc(Br)o1)c1cc2c(s1)CCSC2. The maximum Gasteiger partial charge on any atom is 0.169 e. The fourth-order valence-electron chi connectivity index (χ4n) is 2.43. The Morgan fingerprint density at radius 1 is 1.45 bits per heavy atom. The second kappa shape index (κ2) is 6.69. The van der Waals surface area contributed by atoms with Crippen LogP contribution in [0.25, 0.3) is 0 Å². The Bertz CT molecular complexity index is 555. The average Bonchev–Trinajstić information content (AvgIpc) is 3.05. The van der Waals surface area contributed by atoms with Crippen molar-refractivity contribution in [2.45, 2.75) is 31.6 Å². The van der Waals surface area contributed by atoms with E-state index in [1.54, 1.807) is 4.88 Å². The zero-order chi connectivity index (χ0) is 13.9. The van der Waals surface area contributed by atoms with Crippen molar-refractivity contribution >= 4 is 39.0 Å². The molecule has 108 valence electrons. The molecule has 0 bridgehead atoms. The number of thioether (sulfide) groups is 1. The van der Waals surface area contributed by atoms with E-state index < -0.39 is 0 Å². The van der Waals surface area contributed by atoms with E-state index in [1.165, 1.54) is 22.6 Å². The van der Waals surface area contributed by atoms with E-state index >= 15 is 0 Å². The monoisotopic (exact) mass is 371 g/mol. The second-order valence-electron chi connectivity index (χ2n) is 4.93. The minimum atomic E-state index is 0.182. The van der Waals surface area contributed by atoms with Gasteiger partial charge in [-0.3, -0.25) is 0 Å². The van der Waals surface area contributed by atoms with Crippen LogP contribution in [-0.4, -0.2) is 12.3 Å². The molecule has 0 saturated heterocycles. The normalized spacial score (nSPS) is 16.1. The van der Waals surface area contributed by atoms with Crippen molar-refractivity contribution in [3.8, 4) is 0 Å². The van der Waals surface area contributed by atoms with Crippen molar-refractivity contribution in [3.63, 3.8) is 0 Å². The van der Waals surface area contributed by atoms with Crippen LogP contribution >= 0.6 is 39.0 Å². The van der Waals surface area contributed by atoms with Crippen molar-refractivity contribution in [2.24, 2.45) is 0 Å². The van der Waals surface area contributed by atoms with Crippen LogP contribution in [0.4, 0.5) is 0 Å². The number of hydrogen-bond donors (Lipinski definition) is 1. The van der Waals surface area contributed by atoms with Gasteiger partial charge in [0.1, 0.15) is 11.8 Å². The van der Waals surface area contributed by atoms with Crippen LogP contribution in [0.2, 0.25) is 0 Å². The summed E-state index contributed by atoms with van der Waals surface area (Å²) in [5, 5.41) is 3.61. The maximum absolute atomic E-state index is 5.78. The first-order valence-electron chi connectivity index (χ1n) is 6.95. The third kappa shape index (κ3) is 3.16. The molecule has 3 rings (SSSR count). The van der Waals surface area contributed by atoms with Gasteiger partial charge in [-0.1, -0.05) is 6.92 Å². The van der Waals surface area contributed by atoms with Crippen LogP contribution in [0.3, 0.4) is 0 Å². The van der Waals surface area contributed by atoms with E-state index in [-0.39, 0.29) is 6.04 Å².